The monoisotopic (exact) mass is 507 g/mol. The summed E-state index contributed by atoms with van der Waals surface area (Å²) in [5, 5.41) is 8.42. The van der Waals surface area contributed by atoms with E-state index >= 15 is 0 Å². The Morgan fingerprint density at radius 1 is 1.12 bits per heavy atom. The van der Waals surface area contributed by atoms with Crippen molar-refractivity contribution < 1.29 is 8.42 Å². The van der Waals surface area contributed by atoms with Gasteiger partial charge in [0.1, 0.15) is 0 Å². The van der Waals surface area contributed by atoms with E-state index in [4.69, 9.17) is 0 Å². The number of benzene rings is 1. The van der Waals surface area contributed by atoms with Crippen molar-refractivity contribution in [2.75, 3.05) is 25.9 Å². The van der Waals surface area contributed by atoms with Crippen molar-refractivity contribution in [1.29, 1.82) is 0 Å². The highest BCUT2D eigenvalue weighted by atomic mass is 127. The van der Waals surface area contributed by atoms with Crippen LogP contribution in [0.3, 0.4) is 0 Å². The highest BCUT2D eigenvalue weighted by molar-refractivity contribution is 14.0. The van der Waals surface area contributed by atoms with Gasteiger partial charge in [0.05, 0.1) is 10.6 Å². The summed E-state index contributed by atoms with van der Waals surface area (Å²) < 4.78 is 24.6. The fourth-order valence-electron chi connectivity index (χ4n) is 2.33. The van der Waals surface area contributed by atoms with Crippen LogP contribution in [-0.2, 0) is 15.3 Å². The third-order valence-electron chi connectivity index (χ3n) is 3.88. The summed E-state index contributed by atoms with van der Waals surface area (Å²) in [7, 11) is -1.61. The van der Waals surface area contributed by atoms with Gasteiger partial charge in [-0.3, -0.25) is 4.99 Å². The second-order valence-corrected chi connectivity index (χ2v) is 9.40. The molecule has 0 saturated heterocycles. The zero-order valence-electron chi connectivity index (χ0n) is 15.2. The van der Waals surface area contributed by atoms with Crippen LogP contribution in [0.4, 0.5) is 0 Å². The number of hydrogen-bond donors (Lipinski definition) is 2. The number of aliphatic imine (C=N–C) groups is 1. The smallest absolute Gasteiger partial charge is 0.191 e. The van der Waals surface area contributed by atoms with Crippen LogP contribution in [0.5, 0.6) is 0 Å². The zero-order valence-corrected chi connectivity index (χ0v) is 19.2. The van der Waals surface area contributed by atoms with Crippen LogP contribution in [-0.4, -0.2) is 40.3 Å². The Labute approximate surface area is 177 Å². The van der Waals surface area contributed by atoms with Gasteiger partial charge in [0, 0.05) is 30.4 Å². The Morgan fingerprint density at radius 3 is 2.38 bits per heavy atom. The average Bonchev–Trinajstić information content (AvgIpc) is 3.14. The van der Waals surface area contributed by atoms with Crippen molar-refractivity contribution >= 4 is 51.1 Å². The third kappa shape index (κ3) is 6.55. The molecule has 0 aliphatic rings. The first kappa shape index (κ1) is 22.9. The number of thiophene rings is 1. The minimum atomic E-state index is -3.29. The summed E-state index contributed by atoms with van der Waals surface area (Å²) in [5.41, 5.74) is -0.0259. The number of sulfone groups is 1. The second-order valence-electron chi connectivity index (χ2n) is 6.35. The summed E-state index contributed by atoms with van der Waals surface area (Å²) in [6.07, 6.45) is 0. The molecule has 0 saturated carbocycles. The van der Waals surface area contributed by atoms with Crippen molar-refractivity contribution in [2.24, 2.45) is 4.99 Å². The van der Waals surface area contributed by atoms with E-state index in [1.807, 2.05) is 6.07 Å². The molecule has 0 fully saturated rings. The molecule has 0 amide bonds. The van der Waals surface area contributed by atoms with Crippen LogP contribution in [0.2, 0.25) is 0 Å². The van der Waals surface area contributed by atoms with Crippen LogP contribution in [0.15, 0.2) is 57.7 Å². The summed E-state index contributed by atoms with van der Waals surface area (Å²) in [5.74, 6) is 0.624. The van der Waals surface area contributed by atoms with Gasteiger partial charge in [0.2, 0.25) is 0 Å². The molecule has 144 valence electrons. The Morgan fingerprint density at radius 2 is 1.81 bits per heavy atom. The van der Waals surface area contributed by atoms with Gasteiger partial charge < -0.3 is 10.6 Å². The molecule has 5 nitrogen and oxygen atoms in total. The first-order chi connectivity index (χ1) is 11.8. The van der Waals surface area contributed by atoms with Crippen LogP contribution in [0, 0.1) is 0 Å². The molecule has 8 heteroatoms. The first-order valence-electron chi connectivity index (χ1n) is 8.11. The zero-order chi connectivity index (χ0) is 18.3. The van der Waals surface area contributed by atoms with Crippen LogP contribution < -0.4 is 10.6 Å². The van der Waals surface area contributed by atoms with E-state index in [0.29, 0.717) is 23.9 Å². The lowest BCUT2D eigenvalue weighted by Crippen LogP contribution is -2.44. The summed E-state index contributed by atoms with van der Waals surface area (Å²) in [6, 6.07) is 12.7. The van der Waals surface area contributed by atoms with Gasteiger partial charge >= 0.3 is 0 Å². The molecule has 0 atom stereocenters. The van der Waals surface area contributed by atoms with E-state index in [1.54, 1.807) is 48.7 Å². The van der Waals surface area contributed by atoms with Gasteiger partial charge in [-0.2, -0.15) is 0 Å². The molecule has 0 radical (unpaired) electrons. The van der Waals surface area contributed by atoms with Crippen molar-refractivity contribution in [3.63, 3.8) is 0 Å². The van der Waals surface area contributed by atoms with Crippen molar-refractivity contribution in [3.8, 4) is 0 Å². The summed E-state index contributed by atoms with van der Waals surface area (Å²) >= 11 is 1.73. The SMILES string of the molecule is CN=C(NCCS(=O)(=O)c1ccccc1)NCC(C)(C)c1cccs1.I. The van der Waals surface area contributed by atoms with Gasteiger partial charge in [-0.25, -0.2) is 8.42 Å². The van der Waals surface area contributed by atoms with Gasteiger partial charge in [-0.1, -0.05) is 38.1 Å². The lowest BCUT2D eigenvalue weighted by molar-refractivity contribution is 0.519. The first-order valence-corrected chi connectivity index (χ1v) is 10.6. The molecule has 2 rings (SSSR count). The van der Waals surface area contributed by atoms with Gasteiger partial charge in [-0.05, 0) is 23.6 Å². The van der Waals surface area contributed by atoms with Crippen LogP contribution >= 0.6 is 35.3 Å². The number of rotatable bonds is 7. The minimum Gasteiger partial charge on any atom is -0.356 e. The van der Waals surface area contributed by atoms with E-state index in [0.717, 1.165) is 0 Å². The Bertz CT molecular complexity index is 789. The quantitative estimate of drug-likeness (QED) is 0.343. The number of nitrogens with zero attached hydrogens (tertiary/aromatic N) is 1. The van der Waals surface area contributed by atoms with Crippen molar-refractivity contribution in [3.05, 3.63) is 52.7 Å². The average molecular weight is 507 g/mol. The predicted molar refractivity (Wildman–Crippen MR) is 121 cm³/mol. The molecule has 2 aromatic rings. The maximum atomic E-state index is 12.3. The summed E-state index contributed by atoms with van der Waals surface area (Å²) in [4.78, 5) is 5.81. The van der Waals surface area contributed by atoms with E-state index in [1.165, 1.54) is 4.88 Å². The van der Waals surface area contributed by atoms with E-state index in [-0.39, 0.29) is 35.1 Å². The molecular weight excluding hydrogens is 481 g/mol. The third-order valence-corrected chi connectivity index (χ3v) is 6.84. The molecule has 1 heterocycles. The topological polar surface area (TPSA) is 70.6 Å². The fourth-order valence-corrected chi connectivity index (χ4v) is 4.36. The molecule has 0 unspecified atom stereocenters. The van der Waals surface area contributed by atoms with Crippen LogP contribution in [0.25, 0.3) is 0 Å². The van der Waals surface area contributed by atoms with E-state index in [2.05, 4.69) is 40.9 Å². The molecule has 0 bridgehead atoms. The highest BCUT2D eigenvalue weighted by Gasteiger charge is 2.22. The highest BCUT2D eigenvalue weighted by Crippen LogP contribution is 2.26. The normalized spacial score (nSPS) is 12.3. The van der Waals surface area contributed by atoms with Crippen molar-refractivity contribution in [2.45, 2.75) is 24.2 Å². The maximum absolute atomic E-state index is 12.3. The minimum absolute atomic E-state index is 0. The molecular formula is C18H26IN3O2S2. The molecule has 0 aliphatic heterocycles. The Hall–Kier alpha value is -1.13. The molecule has 26 heavy (non-hydrogen) atoms. The fraction of sp³-hybridized carbons (Fsp3) is 0.389. The van der Waals surface area contributed by atoms with Gasteiger partial charge in [-0.15, -0.1) is 35.3 Å². The van der Waals surface area contributed by atoms with Crippen LogP contribution in [0.1, 0.15) is 18.7 Å². The van der Waals surface area contributed by atoms with Crippen molar-refractivity contribution in [1.82, 2.24) is 10.6 Å². The number of nitrogens with one attached hydrogen (secondary N) is 2. The van der Waals surface area contributed by atoms with Gasteiger partial charge in [0.15, 0.2) is 15.8 Å². The number of guanidine groups is 1. The summed E-state index contributed by atoms with van der Waals surface area (Å²) in [6.45, 7) is 5.34. The number of halogens is 1. The molecule has 2 N–H and O–H groups in total. The lowest BCUT2D eigenvalue weighted by Gasteiger charge is -2.25. The molecule has 0 spiro atoms. The largest absolute Gasteiger partial charge is 0.356 e. The van der Waals surface area contributed by atoms with E-state index < -0.39 is 9.84 Å². The van der Waals surface area contributed by atoms with Gasteiger partial charge in [0.25, 0.3) is 0 Å². The molecule has 1 aromatic carbocycles. The predicted octanol–water partition coefficient (Wildman–Crippen LogP) is 3.28. The lowest BCUT2D eigenvalue weighted by atomic mass is 9.91. The maximum Gasteiger partial charge on any atom is 0.191 e. The molecule has 0 aliphatic carbocycles. The molecule has 1 aromatic heterocycles. The standard InChI is InChI=1S/C18H25N3O2S2.HI/c1-18(2,16-10-7-12-24-16)14-21-17(19-3)20-11-13-25(22,23)15-8-5-4-6-9-15;/h4-10,12H,11,13-14H2,1-3H3,(H2,19,20,21);1H. The Balaban J connectivity index is 0.00000338. The number of hydrogen-bond acceptors (Lipinski definition) is 4. The second kappa shape index (κ2) is 10.3. The Kier molecular flexibility index (Phi) is 9.05. The van der Waals surface area contributed by atoms with E-state index in [9.17, 15) is 8.42 Å².